The Balaban J connectivity index is 1.28. The number of phenolic OH excluding ortho intramolecular Hbond substituents is 1. The van der Waals surface area contributed by atoms with Gasteiger partial charge in [-0.3, -0.25) is 24.2 Å². The third kappa shape index (κ3) is 5.14. The normalized spacial score (nSPS) is 14.2. The van der Waals surface area contributed by atoms with Gasteiger partial charge in [-0.15, -0.1) is 11.3 Å². The Morgan fingerprint density at radius 3 is 2.39 bits per heavy atom. The maximum atomic E-state index is 13.1. The second-order valence-corrected chi connectivity index (χ2v) is 9.73. The van der Waals surface area contributed by atoms with Crippen molar-refractivity contribution in [1.29, 1.82) is 0 Å². The molecule has 0 fully saturated rings. The lowest BCUT2D eigenvalue weighted by Gasteiger charge is -2.07. The Morgan fingerprint density at radius 2 is 1.68 bits per heavy atom. The standard InChI is InChI=1S/C29H21N3O5S/c1-16(33)25-11-12-26(38-25)29(37)31-19-8-5-17(6-9-19)27(35)18-7-10-22-23(28(36)32-24(22)13-18)15-30-20-3-2-4-21(34)14-20/h2-15,23,34H,1H3,(H,31,37)(H,32,36). The Morgan fingerprint density at radius 1 is 0.947 bits per heavy atom. The van der Waals surface area contributed by atoms with Gasteiger partial charge in [-0.1, -0.05) is 18.2 Å². The van der Waals surface area contributed by atoms with Crippen LogP contribution in [0.25, 0.3) is 0 Å². The first-order chi connectivity index (χ1) is 18.3. The van der Waals surface area contributed by atoms with E-state index in [2.05, 4.69) is 15.6 Å². The molecule has 3 aromatic carbocycles. The summed E-state index contributed by atoms with van der Waals surface area (Å²) < 4.78 is 0. The molecule has 3 N–H and O–H groups in total. The molecule has 0 aliphatic carbocycles. The Hall–Kier alpha value is -4.89. The van der Waals surface area contributed by atoms with E-state index in [9.17, 15) is 24.3 Å². The molecule has 4 aromatic rings. The number of Topliss-reactive ketones (excluding diaryl/α,β-unsaturated/α-hetero) is 1. The molecule has 1 atom stereocenters. The molecular formula is C29H21N3O5S. The highest BCUT2D eigenvalue weighted by atomic mass is 32.1. The van der Waals surface area contributed by atoms with Crippen LogP contribution in [-0.4, -0.2) is 34.7 Å². The summed E-state index contributed by atoms with van der Waals surface area (Å²) in [6, 6.07) is 21.2. The van der Waals surface area contributed by atoms with Gasteiger partial charge in [0.25, 0.3) is 5.91 Å². The van der Waals surface area contributed by atoms with Crippen molar-refractivity contribution < 1.29 is 24.3 Å². The molecule has 38 heavy (non-hydrogen) atoms. The van der Waals surface area contributed by atoms with Crippen molar-refractivity contribution >= 4 is 58.0 Å². The van der Waals surface area contributed by atoms with Crippen LogP contribution >= 0.6 is 11.3 Å². The third-order valence-corrected chi connectivity index (χ3v) is 7.16. The number of phenols is 1. The van der Waals surface area contributed by atoms with Gasteiger partial charge in [-0.2, -0.15) is 0 Å². The summed E-state index contributed by atoms with van der Waals surface area (Å²) in [4.78, 5) is 54.8. The van der Waals surface area contributed by atoms with Crippen molar-refractivity contribution in [3.63, 3.8) is 0 Å². The number of thiophene rings is 1. The number of hydrogen-bond donors (Lipinski definition) is 3. The molecule has 0 radical (unpaired) electrons. The van der Waals surface area contributed by atoms with E-state index in [-0.39, 0.29) is 29.1 Å². The Bertz CT molecular complexity index is 1620. The predicted molar refractivity (Wildman–Crippen MR) is 146 cm³/mol. The zero-order valence-corrected chi connectivity index (χ0v) is 20.9. The first-order valence-electron chi connectivity index (χ1n) is 11.6. The van der Waals surface area contributed by atoms with Crippen LogP contribution in [0.1, 0.15) is 53.7 Å². The van der Waals surface area contributed by atoms with Gasteiger partial charge >= 0.3 is 0 Å². The molecule has 5 rings (SSSR count). The van der Waals surface area contributed by atoms with Gasteiger partial charge < -0.3 is 15.7 Å². The van der Waals surface area contributed by atoms with Gasteiger partial charge in [0, 0.05) is 34.8 Å². The summed E-state index contributed by atoms with van der Waals surface area (Å²) in [5.74, 6) is -1.46. The molecule has 0 saturated carbocycles. The highest BCUT2D eigenvalue weighted by Crippen LogP contribution is 2.33. The zero-order valence-electron chi connectivity index (χ0n) is 20.1. The van der Waals surface area contributed by atoms with Gasteiger partial charge in [0.05, 0.1) is 15.4 Å². The molecule has 1 unspecified atom stereocenters. The van der Waals surface area contributed by atoms with Crippen molar-refractivity contribution in [1.82, 2.24) is 0 Å². The van der Waals surface area contributed by atoms with Crippen molar-refractivity contribution in [3.05, 3.63) is 105 Å². The van der Waals surface area contributed by atoms with Gasteiger partial charge in [-0.05, 0) is 67.1 Å². The number of aliphatic imine (C=N–C) groups is 1. The molecule has 188 valence electrons. The maximum absolute atomic E-state index is 13.1. The van der Waals surface area contributed by atoms with E-state index in [0.717, 1.165) is 11.3 Å². The Kier molecular flexibility index (Phi) is 6.68. The van der Waals surface area contributed by atoms with Crippen LogP contribution in [0, 0.1) is 0 Å². The van der Waals surface area contributed by atoms with Gasteiger partial charge in [0.15, 0.2) is 11.6 Å². The first-order valence-corrected chi connectivity index (χ1v) is 12.4. The first kappa shape index (κ1) is 24.8. The van der Waals surface area contributed by atoms with Crippen molar-refractivity contribution in [3.8, 4) is 5.75 Å². The summed E-state index contributed by atoms with van der Waals surface area (Å²) in [6.45, 7) is 1.45. The number of aromatic hydroxyl groups is 1. The molecule has 2 amide bonds. The van der Waals surface area contributed by atoms with Gasteiger partial charge in [0.1, 0.15) is 11.7 Å². The minimum atomic E-state index is -0.616. The molecular weight excluding hydrogens is 502 g/mol. The van der Waals surface area contributed by atoms with Gasteiger partial charge in [0.2, 0.25) is 5.91 Å². The monoisotopic (exact) mass is 523 g/mol. The number of rotatable bonds is 7. The van der Waals surface area contributed by atoms with Crippen LogP contribution in [0.5, 0.6) is 5.75 Å². The highest BCUT2D eigenvalue weighted by molar-refractivity contribution is 7.16. The number of carbonyl (C=O) groups excluding carboxylic acids is 4. The van der Waals surface area contributed by atoms with E-state index in [1.165, 1.54) is 25.3 Å². The lowest BCUT2D eigenvalue weighted by molar-refractivity contribution is -0.115. The molecule has 0 saturated heterocycles. The Labute approximate surface area is 221 Å². The average molecular weight is 524 g/mol. The fourth-order valence-electron chi connectivity index (χ4n) is 4.02. The summed E-state index contributed by atoms with van der Waals surface area (Å²) in [5, 5.41) is 15.2. The number of hydrogen-bond acceptors (Lipinski definition) is 7. The minimum absolute atomic E-state index is 0.0836. The quantitative estimate of drug-likeness (QED) is 0.216. The van der Waals surface area contributed by atoms with Crippen LogP contribution in [0.15, 0.2) is 83.9 Å². The maximum Gasteiger partial charge on any atom is 0.265 e. The SMILES string of the molecule is CC(=O)c1ccc(C(=O)Nc2ccc(C(=O)c3ccc4c(c3)NC(=O)C4C=Nc3cccc(O)c3)cc2)s1. The number of benzene rings is 3. The fourth-order valence-corrected chi connectivity index (χ4v) is 4.82. The second kappa shape index (κ2) is 10.2. The minimum Gasteiger partial charge on any atom is -0.508 e. The van der Waals surface area contributed by atoms with E-state index in [0.29, 0.717) is 43.5 Å². The van der Waals surface area contributed by atoms with E-state index < -0.39 is 5.92 Å². The lowest BCUT2D eigenvalue weighted by atomic mass is 9.97. The van der Waals surface area contributed by atoms with E-state index >= 15 is 0 Å². The molecule has 8 nitrogen and oxygen atoms in total. The molecule has 1 aliphatic rings. The largest absolute Gasteiger partial charge is 0.508 e. The summed E-state index contributed by atoms with van der Waals surface area (Å²) in [5.41, 5.74) is 3.10. The van der Waals surface area contributed by atoms with Crippen molar-refractivity contribution in [2.24, 2.45) is 4.99 Å². The summed E-state index contributed by atoms with van der Waals surface area (Å²) >= 11 is 1.12. The smallest absolute Gasteiger partial charge is 0.265 e. The van der Waals surface area contributed by atoms with Gasteiger partial charge in [-0.25, -0.2) is 0 Å². The van der Waals surface area contributed by atoms with E-state index in [1.54, 1.807) is 66.7 Å². The van der Waals surface area contributed by atoms with Crippen LogP contribution < -0.4 is 10.6 Å². The van der Waals surface area contributed by atoms with Crippen LogP contribution in [0.3, 0.4) is 0 Å². The lowest BCUT2D eigenvalue weighted by Crippen LogP contribution is -2.12. The van der Waals surface area contributed by atoms with Crippen LogP contribution in [-0.2, 0) is 4.79 Å². The number of nitrogens with one attached hydrogen (secondary N) is 2. The average Bonchev–Trinajstić information content (AvgIpc) is 3.52. The summed E-state index contributed by atoms with van der Waals surface area (Å²) in [6.07, 6.45) is 1.52. The van der Waals surface area contributed by atoms with Crippen molar-refractivity contribution in [2.75, 3.05) is 10.6 Å². The highest BCUT2D eigenvalue weighted by Gasteiger charge is 2.30. The number of amides is 2. The third-order valence-electron chi connectivity index (χ3n) is 5.98. The number of anilines is 2. The van der Waals surface area contributed by atoms with Crippen LogP contribution in [0.2, 0.25) is 0 Å². The molecule has 9 heteroatoms. The summed E-state index contributed by atoms with van der Waals surface area (Å²) in [7, 11) is 0. The second-order valence-electron chi connectivity index (χ2n) is 8.65. The molecule has 1 aromatic heterocycles. The van der Waals surface area contributed by atoms with Crippen LogP contribution in [0.4, 0.5) is 17.1 Å². The number of nitrogens with zero attached hydrogens (tertiary/aromatic N) is 1. The number of fused-ring (bicyclic) bond motifs is 1. The van der Waals surface area contributed by atoms with E-state index in [4.69, 9.17) is 0 Å². The zero-order chi connectivity index (χ0) is 26.8. The predicted octanol–water partition coefficient (Wildman–Crippen LogP) is 5.58. The fraction of sp³-hybridized carbons (Fsp3) is 0.0690. The molecule has 0 bridgehead atoms. The topological polar surface area (TPSA) is 125 Å². The number of carbonyl (C=O) groups is 4. The molecule has 0 spiro atoms. The number of ketones is 2. The van der Waals surface area contributed by atoms with E-state index in [1.807, 2.05) is 0 Å². The molecule has 1 aliphatic heterocycles. The molecule has 2 heterocycles. The van der Waals surface area contributed by atoms with Crippen molar-refractivity contribution in [2.45, 2.75) is 12.8 Å².